The normalized spacial score (nSPS) is 14.9. The highest BCUT2D eigenvalue weighted by atomic mass is 19.4. The smallest absolute Gasteiger partial charge is 0.166 e. The second-order valence-electron chi connectivity index (χ2n) is 9.16. The van der Waals surface area contributed by atoms with E-state index in [9.17, 15) is 26.3 Å². The van der Waals surface area contributed by atoms with Gasteiger partial charge in [0, 0.05) is 0 Å². The highest BCUT2D eigenvalue weighted by Gasteiger charge is 2.38. The van der Waals surface area contributed by atoms with Crippen molar-refractivity contribution in [2.24, 2.45) is 5.92 Å². The van der Waals surface area contributed by atoms with Crippen molar-refractivity contribution in [3.8, 4) is 11.1 Å². The van der Waals surface area contributed by atoms with Crippen LogP contribution in [-0.2, 0) is 24.2 Å². The van der Waals surface area contributed by atoms with E-state index in [0.717, 1.165) is 34.4 Å². The quantitative estimate of drug-likeness (QED) is 0.424. The lowest BCUT2D eigenvalue weighted by Crippen LogP contribution is -2.15. The summed E-state index contributed by atoms with van der Waals surface area (Å²) < 4.78 is 80.7. The van der Waals surface area contributed by atoms with Crippen LogP contribution in [0.25, 0.3) is 17.2 Å². The Hall–Kier alpha value is -2.24. The lowest BCUT2D eigenvalue weighted by molar-refractivity contribution is -0.143. The van der Waals surface area contributed by atoms with Crippen molar-refractivity contribution in [3.05, 3.63) is 63.7 Å². The van der Waals surface area contributed by atoms with Crippen molar-refractivity contribution < 1.29 is 26.3 Å². The van der Waals surface area contributed by atoms with Crippen LogP contribution < -0.4 is 0 Å². The Morgan fingerprint density at radius 1 is 0.800 bits per heavy atom. The summed E-state index contributed by atoms with van der Waals surface area (Å²) in [6.45, 7) is 9.75. The molecular formula is C24H24F6. The van der Waals surface area contributed by atoms with Gasteiger partial charge in [0.1, 0.15) is 0 Å². The molecule has 1 aliphatic carbocycles. The van der Waals surface area contributed by atoms with Crippen molar-refractivity contribution in [1.29, 1.82) is 0 Å². The Bertz CT molecular complexity index is 966. The van der Waals surface area contributed by atoms with Gasteiger partial charge in [0.05, 0.1) is 11.1 Å². The summed E-state index contributed by atoms with van der Waals surface area (Å²) in [5.74, 6) is 0.232. The minimum Gasteiger partial charge on any atom is -0.166 e. The fourth-order valence-corrected chi connectivity index (χ4v) is 3.84. The molecule has 162 valence electrons. The summed E-state index contributed by atoms with van der Waals surface area (Å²) in [7, 11) is 0. The molecule has 0 spiro atoms. The molecule has 0 nitrogen and oxygen atoms in total. The molecule has 0 saturated heterocycles. The van der Waals surface area contributed by atoms with E-state index in [-0.39, 0.29) is 17.5 Å². The van der Waals surface area contributed by atoms with E-state index in [0.29, 0.717) is 12.0 Å². The molecule has 0 aromatic heterocycles. The highest BCUT2D eigenvalue weighted by Crippen LogP contribution is 2.45. The van der Waals surface area contributed by atoms with Crippen molar-refractivity contribution >= 4 is 6.08 Å². The molecule has 0 radical (unpaired) electrons. The van der Waals surface area contributed by atoms with Gasteiger partial charge in [0.15, 0.2) is 0 Å². The molecule has 0 fully saturated rings. The van der Waals surface area contributed by atoms with E-state index >= 15 is 0 Å². The molecule has 0 saturated carbocycles. The van der Waals surface area contributed by atoms with Gasteiger partial charge in [-0.25, -0.2) is 0 Å². The molecule has 0 atom stereocenters. The molecule has 1 aliphatic rings. The lowest BCUT2D eigenvalue weighted by Gasteiger charge is -2.26. The number of benzene rings is 2. The molecule has 30 heavy (non-hydrogen) atoms. The van der Waals surface area contributed by atoms with Crippen molar-refractivity contribution in [2.45, 2.75) is 58.8 Å². The van der Waals surface area contributed by atoms with Gasteiger partial charge >= 0.3 is 12.4 Å². The van der Waals surface area contributed by atoms with Crippen molar-refractivity contribution in [1.82, 2.24) is 0 Å². The molecule has 0 heterocycles. The molecule has 0 bridgehead atoms. The Kier molecular flexibility index (Phi) is 5.37. The van der Waals surface area contributed by atoms with Crippen molar-refractivity contribution in [2.75, 3.05) is 0 Å². The van der Waals surface area contributed by atoms with Gasteiger partial charge in [-0.15, -0.1) is 0 Å². The van der Waals surface area contributed by atoms with E-state index < -0.39 is 28.9 Å². The topological polar surface area (TPSA) is 0 Å². The van der Waals surface area contributed by atoms with E-state index in [1.165, 1.54) is 0 Å². The van der Waals surface area contributed by atoms with E-state index in [1.807, 2.05) is 52.8 Å². The Morgan fingerprint density at radius 2 is 1.33 bits per heavy atom. The molecule has 0 aliphatic heterocycles. The average Bonchev–Trinajstić information content (AvgIpc) is 3.02. The molecule has 2 aromatic carbocycles. The van der Waals surface area contributed by atoms with Gasteiger partial charge in [-0.3, -0.25) is 0 Å². The molecule has 2 aromatic rings. The van der Waals surface area contributed by atoms with Crippen LogP contribution in [0, 0.1) is 5.92 Å². The maximum Gasteiger partial charge on any atom is 0.416 e. The third kappa shape index (κ3) is 4.28. The summed E-state index contributed by atoms with van der Waals surface area (Å²) >= 11 is 0. The van der Waals surface area contributed by atoms with Crippen LogP contribution in [0.3, 0.4) is 0 Å². The zero-order chi connectivity index (χ0) is 22.6. The Balaban J connectivity index is 2.39. The van der Waals surface area contributed by atoms with Gasteiger partial charge in [-0.05, 0) is 63.8 Å². The summed E-state index contributed by atoms with van der Waals surface area (Å²) in [5, 5.41) is 0. The van der Waals surface area contributed by atoms with Crippen LogP contribution >= 0.6 is 0 Å². The van der Waals surface area contributed by atoms with E-state index in [4.69, 9.17) is 0 Å². The first kappa shape index (κ1) is 22.4. The summed E-state index contributed by atoms with van der Waals surface area (Å²) in [6, 6.07) is 5.61. The van der Waals surface area contributed by atoms with Crippen LogP contribution in [0.4, 0.5) is 26.3 Å². The molecular weight excluding hydrogens is 402 g/mol. The minimum atomic E-state index is -4.88. The van der Waals surface area contributed by atoms with Crippen LogP contribution in [0.2, 0.25) is 0 Å². The van der Waals surface area contributed by atoms with Crippen LogP contribution in [0.5, 0.6) is 0 Å². The van der Waals surface area contributed by atoms with Gasteiger partial charge < -0.3 is 0 Å². The molecule has 0 amide bonds. The Labute approximate surface area is 172 Å². The molecule has 6 heteroatoms. The zero-order valence-electron chi connectivity index (χ0n) is 17.5. The third-order valence-electron chi connectivity index (χ3n) is 5.49. The zero-order valence-corrected chi connectivity index (χ0v) is 17.5. The highest BCUT2D eigenvalue weighted by molar-refractivity contribution is 5.84. The Morgan fingerprint density at radius 3 is 1.77 bits per heavy atom. The van der Waals surface area contributed by atoms with Gasteiger partial charge in [-0.2, -0.15) is 26.3 Å². The molecule has 0 unspecified atom stereocenters. The molecule has 0 N–H and O–H groups in total. The van der Waals surface area contributed by atoms with E-state index in [2.05, 4.69) is 0 Å². The van der Waals surface area contributed by atoms with Crippen LogP contribution in [0.15, 0.2) is 35.9 Å². The first-order valence-corrected chi connectivity index (χ1v) is 9.75. The standard InChI is InChI=1S/C24H24F6/c1-13(2)15-8-14-6-7-20(22(3,4)5)21(19(14)11-15)16-9-17(23(25,26)27)12-18(10-16)24(28,29)30/h6-7,9-13H,8H2,1-5H3. The number of fused-ring (bicyclic) bond motifs is 1. The monoisotopic (exact) mass is 426 g/mol. The maximum atomic E-state index is 13.4. The second kappa shape index (κ2) is 7.17. The second-order valence-corrected chi connectivity index (χ2v) is 9.16. The predicted molar refractivity (Wildman–Crippen MR) is 107 cm³/mol. The number of hydrogen-bond donors (Lipinski definition) is 0. The van der Waals surface area contributed by atoms with E-state index in [1.54, 1.807) is 0 Å². The SMILES string of the molecule is CC(C)C1=Cc2c(ccc(C(C)(C)C)c2-c2cc(C(F)(F)F)cc(C(F)(F)F)c2)C1. The minimum absolute atomic E-state index is 0.0554. The van der Waals surface area contributed by atoms with Gasteiger partial charge in [-0.1, -0.05) is 58.4 Å². The van der Waals surface area contributed by atoms with Crippen LogP contribution in [0.1, 0.15) is 62.4 Å². The average molecular weight is 426 g/mol. The third-order valence-corrected chi connectivity index (χ3v) is 5.49. The first-order valence-electron chi connectivity index (χ1n) is 9.75. The predicted octanol–water partition coefficient (Wildman–Crippen LogP) is 8.28. The fourth-order valence-electron chi connectivity index (χ4n) is 3.84. The van der Waals surface area contributed by atoms with Crippen molar-refractivity contribution in [3.63, 3.8) is 0 Å². The fraction of sp³-hybridized carbons (Fsp3) is 0.417. The summed E-state index contributed by atoms with van der Waals surface area (Å²) in [5.41, 5.74) is 0.812. The summed E-state index contributed by atoms with van der Waals surface area (Å²) in [6.07, 6.45) is -7.18. The number of halogens is 6. The lowest BCUT2D eigenvalue weighted by atomic mass is 9.78. The largest absolute Gasteiger partial charge is 0.416 e. The maximum absolute atomic E-state index is 13.4. The number of hydrogen-bond acceptors (Lipinski definition) is 0. The van der Waals surface area contributed by atoms with Crippen LogP contribution in [-0.4, -0.2) is 0 Å². The first-order chi connectivity index (χ1) is 13.6. The molecule has 3 rings (SSSR count). The number of alkyl halides is 6. The van der Waals surface area contributed by atoms with Gasteiger partial charge in [0.25, 0.3) is 0 Å². The number of rotatable bonds is 2. The summed E-state index contributed by atoms with van der Waals surface area (Å²) in [4.78, 5) is 0. The number of allylic oxidation sites excluding steroid dienone is 1. The van der Waals surface area contributed by atoms with Gasteiger partial charge in [0.2, 0.25) is 0 Å².